The Morgan fingerprint density at radius 3 is 2.20 bits per heavy atom. The van der Waals surface area contributed by atoms with Crippen LogP contribution < -0.4 is 5.73 Å². The van der Waals surface area contributed by atoms with Crippen LogP contribution in [-0.2, 0) is 32.7 Å². The molecule has 0 aliphatic rings. The maximum atomic E-state index is 11.7. The van der Waals surface area contributed by atoms with Crippen molar-refractivity contribution < 1.29 is 37.6 Å². The predicted octanol–water partition coefficient (Wildman–Crippen LogP) is 1.91. The number of esters is 2. The van der Waals surface area contributed by atoms with Crippen LogP contribution in [-0.4, -0.2) is 49.3 Å². The van der Waals surface area contributed by atoms with Gasteiger partial charge in [-0.3, -0.25) is 18.6 Å². The van der Waals surface area contributed by atoms with Crippen LogP contribution in [0, 0.1) is 0 Å². The highest BCUT2D eigenvalue weighted by atomic mass is 31.2. The van der Waals surface area contributed by atoms with Crippen LogP contribution in [0.4, 0.5) is 0 Å². The first-order valence-electron chi connectivity index (χ1n) is 8.51. The Morgan fingerprint density at radius 1 is 1.04 bits per heavy atom. The summed E-state index contributed by atoms with van der Waals surface area (Å²) in [7, 11) is -4.30. The lowest BCUT2D eigenvalue weighted by Crippen LogP contribution is -2.29. The zero-order chi connectivity index (χ0) is 19.1. The van der Waals surface area contributed by atoms with E-state index in [-0.39, 0.29) is 32.6 Å². The van der Waals surface area contributed by atoms with Crippen molar-refractivity contribution in [2.75, 3.05) is 26.4 Å². The highest BCUT2D eigenvalue weighted by Gasteiger charge is 2.25. The van der Waals surface area contributed by atoms with Crippen molar-refractivity contribution in [1.29, 1.82) is 0 Å². The molecule has 10 heteroatoms. The summed E-state index contributed by atoms with van der Waals surface area (Å²) in [5.41, 5.74) is 5.19. The number of ether oxygens (including phenoxy) is 2. The van der Waals surface area contributed by atoms with Crippen LogP contribution in [0.1, 0.15) is 52.4 Å². The van der Waals surface area contributed by atoms with Crippen molar-refractivity contribution in [3.63, 3.8) is 0 Å². The molecule has 25 heavy (non-hydrogen) atoms. The monoisotopic (exact) mass is 383 g/mol. The first-order chi connectivity index (χ1) is 11.8. The van der Waals surface area contributed by atoms with Gasteiger partial charge in [-0.15, -0.1) is 0 Å². The molecule has 0 aromatic carbocycles. The molecule has 0 bridgehead atoms. The van der Waals surface area contributed by atoms with Gasteiger partial charge < -0.3 is 20.1 Å². The first-order valence-corrected chi connectivity index (χ1v) is 10.0. The summed E-state index contributed by atoms with van der Waals surface area (Å²) in [6.07, 6.45) is 2.48. The molecule has 0 saturated carbocycles. The van der Waals surface area contributed by atoms with E-state index in [9.17, 15) is 19.0 Å². The topological polar surface area (TPSA) is 134 Å². The highest BCUT2D eigenvalue weighted by Crippen LogP contribution is 2.43. The number of rotatable bonds is 15. The van der Waals surface area contributed by atoms with Gasteiger partial charge in [0, 0.05) is 19.4 Å². The Hall–Kier alpha value is -0.990. The van der Waals surface area contributed by atoms with Gasteiger partial charge in [0.2, 0.25) is 0 Å². The van der Waals surface area contributed by atoms with Crippen molar-refractivity contribution in [3.8, 4) is 0 Å². The summed E-state index contributed by atoms with van der Waals surface area (Å²) in [6, 6.07) is 0. The fourth-order valence-electron chi connectivity index (χ4n) is 1.64. The third-order valence-corrected chi connectivity index (χ3v) is 3.98. The molecule has 0 fully saturated rings. The molecule has 2 atom stereocenters. The standard InChI is InChI=1S/C15H30NO8P/c1-3-5-7-14(17)21-11-13(24-15(18)8-6-4-2)12-23-25(19,20)22-10-9-16/h13H,3-12,16H2,1-2H3,(H,19,20). The van der Waals surface area contributed by atoms with Crippen LogP contribution in [0.5, 0.6) is 0 Å². The van der Waals surface area contributed by atoms with Crippen molar-refractivity contribution in [3.05, 3.63) is 0 Å². The number of unbranched alkanes of at least 4 members (excludes halogenated alkanes) is 2. The average molecular weight is 383 g/mol. The molecule has 0 radical (unpaired) electrons. The number of hydrogen-bond donors (Lipinski definition) is 2. The quantitative estimate of drug-likeness (QED) is 0.321. The van der Waals surface area contributed by atoms with E-state index in [1.54, 1.807) is 0 Å². The largest absolute Gasteiger partial charge is 0.472 e. The van der Waals surface area contributed by atoms with Gasteiger partial charge in [-0.1, -0.05) is 26.7 Å². The summed E-state index contributed by atoms with van der Waals surface area (Å²) in [5, 5.41) is 0. The van der Waals surface area contributed by atoms with Crippen LogP contribution in [0.25, 0.3) is 0 Å². The second kappa shape index (κ2) is 14.2. The minimum Gasteiger partial charge on any atom is -0.462 e. The maximum absolute atomic E-state index is 11.7. The summed E-state index contributed by atoms with van der Waals surface area (Å²) in [6.45, 7) is 3.09. The molecule has 0 aliphatic carbocycles. The molecular weight excluding hydrogens is 353 g/mol. The summed E-state index contributed by atoms with van der Waals surface area (Å²) >= 11 is 0. The first kappa shape index (κ1) is 24.0. The molecule has 0 aromatic heterocycles. The van der Waals surface area contributed by atoms with Gasteiger partial charge in [-0.05, 0) is 12.8 Å². The summed E-state index contributed by atoms with van der Waals surface area (Å²) in [5.74, 6) is -0.918. The van der Waals surface area contributed by atoms with E-state index in [4.69, 9.17) is 19.7 Å². The fourth-order valence-corrected chi connectivity index (χ4v) is 2.41. The van der Waals surface area contributed by atoms with E-state index >= 15 is 0 Å². The lowest BCUT2D eigenvalue weighted by molar-refractivity contribution is -0.161. The molecule has 0 spiro atoms. The van der Waals surface area contributed by atoms with Crippen molar-refractivity contribution in [2.45, 2.75) is 58.5 Å². The molecule has 148 valence electrons. The molecule has 0 aliphatic heterocycles. The predicted molar refractivity (Wildman–Crippen MR) is 90.7 cm³/mol. The zero-order valence-corrected chi connectivity index (χ0v) is 15.9. The molecule has 9 nitrogen and oxygen atoms in total. The van der Waals surface area contributed by atoms with Gasteiger partial charge in [0.25, 0.3) is 0 Å². The van der Waals surface area contributed by atoms with Crippen molar-refractivity contribution >= 4 is 19.8 Å². The van der Waals surface area contributed by atoms with Crippen molar-refractivity contribution in [1.82, 2.24) is 0 Å². The maximum Gasteiger partial charge on any atom is 0.472 e. The summed E-state index contributed by atoms with van der Waals surface area (Å²) < 4.78 is 31.2. The van der Waals surface area contributed by atoms with E-state index in [0.29, 0.717) is 12.8 Å². The third kappa shape index (κ3) is 13.9. The van der Waals surface area contributed by atoms with E-state index in [1.165, 1.54) is 0 Å². The van der Waals surface area contributed by atoms with Gasteiger partial charge in [-0.25, -0.2) is 4.57 Å². The van der Waals surface area contributed by atoms with E-state index in [1.807, 2.05) is 13.8 Å². The highest BCUT2D eigenvalue weighted by molar-refractivity contribution is 7.47. The minimum absolute atomic E-state index is 0.0540. The second-order valence-electron chi connectivity index (χ2n) is 5.39. The zero-order valence-electron chi connectivity index (χ0n) is 15.0. The number of nitrogens with two attached hydrogens (primary N) is 1. The molecule has 0 rings (SSSR count). The Bertz CT molecular complexity index is 432. The fraction of sp³-hybridized carbons (Fsp3) is 0.867. The molecule has 3 N–H and O–H groups in total. The SMILES string of the molecule is CCCCC(=O)OCC(COP(=O)(O)OCCN)OC(=O)CCCC. The third-order valence-electron chi connectivity index (χ3n) is 2.99. The smallest absolute Gasteiger partial charge is 0.462 e. The number of hydrogen-bond acceptors (Lipinski definition) is 8. The Labute approximate surface area is 148 Å². The lowest BCUT2D eigenvalue weighted by Gasteiger charge is -2.19. The van der Waals surface area contributed by atoms with Gasteiger partial charge in [0.15, 0.2) is 6.10 Å². The average Bonchev–Trinajstić information content (AvgIpc) is 2.58. The molecule has 0 heterocycles. The molecule has 2 unspecified atom stereocenters. The van der Waals surface area contributed by atoms with Gasteiger partial charge in [0.1, 0.15) is 6.61 Å². The molecule has 0 aromatic rings. The Balaban J connectivity index is 4.52. The van der Waals surface area contributed by atoms with Gasteiger partial charge in [0.05, 0.1) is 13.2 Å². The van der Waals surface area contributed by atoms with Crippen molar-refractivity contribution in [2.24, 2.45) is 5.73 Å². The number of carbonyl (C=O) groups excluding carboxylic acids is 2. The number of carbonyl (C=O) groups is 2. The van der Waals surface area contributed by atoms with Crippen LogP contribution in [0.2, 0.25) is 0 Å². The van der Waals surface area contributed by atoms with Crippen LogP contribution in [0.3, 0.4) is 0 Å². The van der Waals surface area contributed by atoms with E-state index < -0.39 is 32.5 Å². The Morgan fingerprint density at radius 2 is 1.64 bits per heavy atom. The van der Waals surface area contributed by atoms with E-state index in [0.717, 1.165) is 12.8 Å². The molecule has 0 saturated heterocycles. The molecule has 0 amide bonds. The normalized spacial score (nSPS) is 14.6. The number of phosphoric ester groups is 1. The van der Waals surface area contributed by atoms with Crippen LogP contribution >= 0.6 is 7.82 Å². The minimum atomic E-state index is -4.30. The van der Waals surface area contributed by atoms with E-state index in [2.05, 4.69) is 4.52 Å². The van der Waals surface area contributed by atoms with Gasteiger partial charge in [-0.2, -0.15) is 0 Å². The second-order valence-corrected chi connectivity index (χ2v) is 6.84. The summed E-state index contributed by atoms with van der Waals surface area (Å²) in [4.78, 5) is 32.8. The number of phosphoric acid groups is 1. The van der Waals surface area contributed by atoms with Crippen LogP contribution in [0.15, 0.2) is 0 Å². The Kier molecular flexibility index (Phi) is 13.6. The lowest BCUT2D eigenvalue weighted by atomic mass is 10.2. The molecular formula is C15H30NO8P. The van der Waals surface area contributed by atoms with Gasteiger partial charge >= 0.3 is 19.8 Å².